The highest BCUT2D eigenvalue weighted by molar-refractivity contribution is 5.85. The molecule has 0 aromatic carbocycles. The van der Waals surface area contributed by atoms with Crippen LogP contribution in [0.3, 0.4) is 0 Å². The number of carboxylic acid groups (broad SMARTS) is 3. The Morgan fingerprint density at radius 3 is 0.762 bits per heavy atom. The molecule has 0 aromatic heterocycles. The Labute approximate surface area is 125 Å². The van der Waals surface area contributed by atoms with Gasteiger partial charge in [0.1, 0.15) is 0 Å². The Kier molecular flexibility index (Phi) is 22.2. The van der Waals surface area contributed by atoms with Crippen molar-refractivity contribution in [3.05, 3.63) is 49.1 Å². The molecule has 6 heteroatoms. The van der Waals surface area contributed by atoms with Gasteiger partial charge in [-0.05, 0) is 27.7 Å². The van der Waals surface area contributed by atoms with E-state index in [1.54, 1.807) is 6.08 Å². The van der Waals surface area contributed by atoms with E-state index in [-0.39, 0.29) is 16.7 Å². The average Bonchev–Trinajstić information content (AvgIpc) is 2.30. The highest BCUT2D eigenvalue weighted by Crippen LogP contribution is 1.82. The van der Waals surface area contributed by atoms with Gasteiger partial charge in [0.15, 0.2) is 0 Å². The van der Waals surface area contributed by atoms with Crippen molar-refractivity contribution in [2.24, 2.45) is 0 Å². The van der Waals surface area contributed by atoms with E-state index < -0.39 is 17.9 Å². The molecule has 0 rings (SSSR count). The first-order valence-corrected chi connectivity index (χ1v) is 5.58. The zero-order valence-electron chi connectivity index (χ0n) is 13.0. The molecule has 0 aliphatic carbocycles. The van der Waals surface area contributed by atoms with Crippen LogP contribution in [-0.4, -0.2) is 33.2 Å². The molecule has 120 valence electrons. The van der Waals surface area contributed by atoms with Gasteiger partial charge in [-0.1, -0.05) is 25.8 Å². The van der Waals surface area contributed by atoms with E-state index in [9.17, 15) is 14.4 Å². The van der Waals surface area contributed by atoms with Crippen LogP contribution in [-0.2, 0) is 14.4 Å². The molecular formula is C15H24O6. The molecule has 0 spiro atoms. The minimum Gasteiger partial charge on any atom is -0.478 e. The lowest BCUT2D eigenvalue weighted by Gasteiger charge is -1.79. The van der Waals surface area contributed by atoms with Gasteiger partial charge >= 0.3 is 17.9 Å². The summed E-state index contributed by atoms with van der Waals surface area (Å²) >= 11 is 0. The van der Waals surface area contributed by atoms with Crippen LogP contribution in [0.4, 0.5) is 0 Å². The Morgan fingerprint density at radius 2 is 0.762 bits per heavy atom. The van der Waals surface area contributed by atoms with Crippen LogP contribution in [0.2, 0.25) is 0 Å². The van der Waals surface area contributed by atoms with Gasteiger partial charge in [-0.2, -0.15) is 0 Å². The molecule has 0 amide bonds. The molecule has 6 nitrogen and oxygen atoms in total. The van der Waals surface area contributed by atoms with Crippen molar-refractivity contribution in [2.75, 3.05) is 0 Å². The molecule has 0 aromatic rings. The Bertz CT molecular complexity index is 311. The first kappa shape index (κ1) is 26.8. The van der Waals surface area contributed by atoms with E-state index in [0.29, 0.717) is 0 Å². The number of rotatable bonds is 3. The lowest BCUT2D eigenvalue weighted by atomic mass is 10.4. The zero-order chi connectivity index (χ0) is 18.2. The van der Waals surface area contributed by atoms with E-state index in [4.69, 9.17) is 15.3 Å². The van der Waals surface area contributed by atoms with Crippen LogP contribution in [0.5, 0.6) is 0 Å². The van der Waals surface area contributed by atoms with E-state index in [1.807, 2.05) is 6.92 Å². The van der Waals surface area contributed by atoms with Gasteiger partial charge in [0.25, 0.3) is 0 Å². The maximum atomic E-state index is 9.60. The minimum atomic E-state index is -0.935. The van der Waals surface area contributed by atoms with Crippen LogP contribution in [0.1, 0.15) is 27.7 Å². The maximum Gasteiger partial charge on any atom is 0.330 e. The largest absolute Gasteiger partial charge is 0.478 e. The van der Waals surface area contributed by atoms with Crippen LogP contribution >= 0.6 is 0 Å². The minimum absolute atomic E-state index is 0.176. The van der Waals surface area contributed by atoms with Gasteiger partial charge in [0.05, 0.1) is 0 Å². The number of hydrogen-bond donors (Lipinski definition) is 3. The van der Waals surface area contributed by atoms with Gasteiger partial charge in [-0.3, -0.25) is 0 Å². The molecule has 0 heterocycles. The third kappa shape index (κ3) is 46.7. The summed E-state index contributed by atoms with van der Waals surface area (Å²) in [5.41, 5.74) is 0.528. The van der Waals surface area contributed by atoms with Gasteiger partial charge in [0.2, 0.25) is 0 Å². The van der Waals surface area contributed by atoms with Crippen molar-refractivity contribution >= 4 is 17.9 Å². The summed E-state index contributed by atoms with van der Waals surface area (Å²) in [6, 6.07) is 0. The lowest BCUT2D eigenvalue weighted by Crippen LogP contribution is -1.92. The molecule has 0 unspecified atom stereocenters. The van der Waals surface area contributed by atoms with Crippen molar-refractivity contribution in [3.63, 3.8) is 0 Å². The van der Waals surface area contributed by atoms with Crippen LogP contribution in [0.25, 0.3) is 0 Å². The Morgan fingerprint density at radius 1 is 0.714 bits per heavy atom. The molecule has 0 saturated carbocycles. The van der Waals surface area contributed by atoms with E-state index in [2.05, 4.69) is 26.3 Å². The standard InChI is InChI=1S/3C4H6O2.C3H6/c3*1-3(2)4(5)6;1-3-2/h3*1H2,2H3,(H,5,6);3H,1H2,2H3. The highest BCUT2D eigenvalue weighted by Gasteiger charge is 1.91. The summed E-state index contributed by atoms with van der Waals surface area (Å²) < 4.78 is 0. The van der Waals surface area contributed by atoms with Crippen molar-refractivity contribution in [3.8, 4) is 0 Å². The molecule has 0 saturated heterocycles. The van der Waals surface area contributed by atoms with Crippen LogP contribution in [0, 0.1) is 0 Å². The van der Waals surface area contributed by atoms with Crippen molar-refractivity contribution < 1.29 is 29.7 Å². The van der Waals surface area contributed by atoms with Crippen LogP contribution in [0.15, 0.2) is 49.1 Å². The summed E-state index contributed by atoms with van der Waals surface area (Å²) in [6.07, 6.45) is 1.75. The number of hydrogen-bond acceptors (Lipinski definition) is 3. The summed E-state index contributed by atoms with van der Waals surface area (Å²) in [7, 11) is 0. The van der Waals surface area contributed by atoms with Gasteiger partial charge in [0, 0.05) is 16.7 Å². The molecule has 0 atom stereocenters. The quantitative estimate of drug-likeness (QED) is 0.545. The second-order valence-corrected chi connectivity index (χ2v) is 3.66. The molecular weight excluding hydrogens is 276 g/mol. The average molecular weight is 300 g/mol. The normalized spacial score (nSPS) is 7.05. The predicted molar refractivity (Wildman–Crippen MR) is 83.2 cm³/mol. The SMILES string of the molecule is C=C(C)C(=O)O.C=C(C)C(=O)O.C=C(C)C(=O)O.C=CC. The van der Waals surface area contributed by atoms with Gasteiger partial charge in [-0.15, -0.1) is 6.58 Å². The highest BCUT2D eigenvalue weighted by atomic mass is 16.4. The summed E-state index contributed by atoms with van der Waals surface area (Å²) in [5, 5.41) is 23.7. The monoisotopic (exact) mass is 300 g/mol. The molecule has 0 radical (unpaired) electrons. The maximum absolute atomic E-state index is 9.60. The first-order valence-electron chi connectivity index (χ1n) is 5.58. The predicted octanol–water partition coefficient (Wildman–Crippen LogP) is 3.13. The Balaban J connectivity index is -0.0000000944. The van der Waals surface area contributed by atoms with Crippen molar-refractivity contribution in [1.82, 2.24) is 0 Å². The molecule has 0 bridgehead atoms. The van der Waals surface area contributed by atoms with Gasteiger partial charge < -0.3 is 15.3 Å². The number of carbonyl (C=O) groups is 3. The zero-order valence-corrected chi connectivity index (χ0v) is 13.0. The van der Waals surface area contributed by atoms with E-state index >= 15 is 0 Å². The molecule has 0 fully saturated rings. The fourth-order valence-corrected chi connectivity index (χ4v) is 0. The first-order chi connectivity index (χ1) is 9.34. The fourth-order valence-electron chi connectivity index (χ4n) is 0. The van der Waals surface area contributed by atoms with Crippen molar-refractivity contribution in [2.45, 2.75) is 27.7 Å². The fraction of sp³-hybridized carbons (Fsp3) is 0.267. The molecule has 3 N–H and O–H groups in total. The summed E-state index contributed by atoms with van der Waals surface area (Å²) in [5.74, 6) is -2.81. The second kappa shape index (κ2) is 17.4. The number of allylic oxidation sites excluding steroid dienone is 1. The Hall–Kier alpha value is -2.63. The summed E-state index contributed by atoms with van der Waals surface area (Å²) in [6.45, 7) is 19.1. The third-order valence-corrected chi connectivity index (χ3v) is 1.10. The third-order valence-electron chi connectivity index (χ3n) is 1.10. The van der Waals surface area contributed by atoms with Crippen LogP contribution < -0.4 is 0 Å². The number of carboxylic acids is 3. The van der Waals surface area contributed by atoms with E-state index in [0.717, 1.165) is 0 Å². The van der Waals surface area contributed by atoms with Crippen molar-refractivity contribution in [1.29, 1.82) is 0 Å². The van der Waals surface area contributed by atoms with Gasteiger partial charge in [-0.25, -0.2) is 14.4 Å². The molecule has 0 aliphatic rings. The molecule has 0 aliphatic heterocycles. The summed E-state index contributed by atoms with van der Waals surface area (Å²) in [4.78, 5) is 28.8. The smallest absolute Gasteiger partial charge is 0.330 e. The van der Waals surface area contributed by atoms with E-state index in [1.165, 1.54) is 20.8 Å². The molecule has 21 heavy (non-hydrogen) atoms. The number of aliphatic carboxylic acids is 3. The topological polar surface area (TPSA) is 112 Å². The second-order valence-electron chi connectivity index (χ2n) is 3.66. The lowest BCUT2D eigenvalue weighted by molar-refractivity contribution is -0.133.